The molecule has 0 aliphatic heterocycles. The Balaban J connectivity index is 1.92. The summed E-state index contributed by atoms with van der Waals surface area (Å²) >= 11 is 1.06. The number of nitrogens with zero attached hydrogens (tertiary/aromatic N) is 5. The Morgan fingerprint density at radius 1 is 1.10 bits per heavy atom. The third-order valence-electron chi connectivity index (χ3n) is 6.71. The Labute approximate surface area is 245 Å². The van der Waals surface area contributed by atoms with Crippen molar-refractivity contribution < 1.29 is 19.1 Å². The van der Waals surface area contributed by atoms with Crippen molar-refractivity contribution >= 4 is 51.2 Å². The number of benzene rings is 2. The summed E-state index contributed by atoms with van der Waals surface area (Å²) in [6, 6.07) is 15.7. The third kappa shape index (κ3) is 5.53. The molecule has 4 rings (SSSR count). The molecule has 12 heteroatoms. The summed E-state index contributed by atoms with van der Waals surface area (Å²) < 4.78 is 12.9. The number of ketones is 1. The number of hydrazone groups is 2. The number of aryl methyl sites for hydroxylation is 1. The summed E-state index contributed by atoms with van der Waals surface area (Å²) in [5.41, 5.74) is -1.81. The van der Waals surface area contributed by atoms with Crippen LogP contribution < -0.4 is 21.1 Å². The molecule has 0 N–H and O–H groups in total. The van der Waals surface area contributed by atoms with Crippen molar-refractivity contribution in [1.82, 2.24) is 9.13 Å². The standard InChI is InChI=1S/C30H31N5O6S/c1-7-32-35(31-5)26-19(2)24-25(37)34(30(3,4)28(38)41-18-20-13-9-8-10-14-20)29(39)33(27(24)42-26)17-22(36)21-15-11-12-16-23(21)40-6/h7-16H,5,17-18H2,1-4,6H3/b32-7-. The van der Waals surface area contributed by atoms with E-state index in [-0.39, 0.29) is 22.4 Å². The lowest BCUT2D eigenvalue weighted by Gasteiger charge is -2.25. The summed E-state index contributed by atoms with van der Waals surface area (Å²) in [5, 5.41) is 9.89. The Bertz CT molecular complexity index is 1800. The van der Waals surface area contributed by atoms with E-state index < -0.39 is 35.1 Å². The first-order chi connectivity index (χ1) is 20.1. The number of ether oxygens (including phenoxy) is 2. The van der Waals surface area contributed by atoms with Gasteiger partial charge in [-0.25, -0.2) is 14.2 Å². The number of para-hydroxylation sites is 1. The van der Waals surface area contributed by atoms with E-state index in [0.29, 0.717) is 16.3 Å². The van der Waals surface area contributed by atoms with Crippen molar-refractivity contribution in [2.45, 2.75) is 46.4 Å². The van der Waals surface area contributed by atoms with Gasteiger partial charge in [-0.1, -0.05) is 53.8 Å². The van der Waals surface area contributed by atoms with Crippen LogP contribution in [0.1, 0.15) is 42.3 Å². The van der Waals surface area contributed by atoms with Crippen molar-refractivity contribution in [2.24, 2.45) is 10.2 Å². The van der Waals surface area contributed by atoms with Crippen molar-refractivity contribution in [3.63, 3.8) is 0 Å². The third-order valence-corrected chi connectivity index (χ3v) is 7.99. The van der Waals surface area contributed by atoms with E-state index in [2.05, 4.69) is 16.9 Å². The fraction of sp³-hybridized carbons (Fsp3) is 0.267. The minimum absolute atomic E-state index is 0.0445. The molecule has 0 radical (unpaired) electrons. The van der Waals surface area contributed by atoms with Crippen molar-refractivity contribution in [3.8, 4) is 5.75 Å². The van der Waals surface area contributed by atoms with Gasteiger partial charge in [-0.3, -0.25) is 14.2 Å². The minimum atomic E-state index is -1.72. The van der Waals surface area contributed by atoms with Gasteiger partial charge in [0.25, 0.3) is 5.56 Å². The van der Waals surface area contributed by atoms with Crippen LogP contribution in [-0.4, -0.2) is 40.9 Å². The number of rotatable bonds is 11. The molecule has 2 aromatic carbocycles. The maximum atomic E-state index is 14.1. The number of carbonyl (C=O) groups excluding carboxylic acids is 2. The Hall–Kier alpha value is -4.84. The average molecular weight is 590 g/mol. The molecule has 11 nitrogen and oxygen atoms in total. The average Bonchev–Trinajstić information content (AvgIpc) is 3.33. The van der Waals surface area contributed by atoms with Gasteiger partial charge in [0.15, 0.2) is 5.78 Å². The number of hydrogen-bond acceptors (Lipinski definition) is 10. The maximum absolute atomic E-state index is 14.1. The summed E-state index contributed by atoms with van der Waals surface area (Å²) in [5.74, 6) is -0.874. The van der Waals surface area contributed by atoms with Gasteiger partial charge in [-0.2, -0.15) is 10.2 Å². The molecule has 0 saturated heterocycles. The number of Topliss-reactive ketones (excluding diaryl/α,β-unsaturated/α-hetero) is 1. The van der Waals surface area contributed by atoms with Crippen LogP contribution in [0.2, 0.25) is 0 Å². The van der Waals surface area contributed by atoms with Crippen LogP contribution in [0.4, 0.5) is 5.00 Å². The predicted octanol–water partition coefficient (Wildman–Crippen LogP) is 4.33. The quantitative estimate of drug-likeness (QED) is 0.110. The lowest BCUT2D eigenvalue weighted by molar-refractivity contribution is -0.154. The van der Waals surface area contributed by atoms with E-state index in [9.17, 15) is 19.2 Å². The van der Waals surface area contributed by atoms with Crippen molar-refractivity contribution in [1.29, 1.82) is 0 Å². The number of thiophene rings is 1. The molecule has 0 atom stereocenters. The highest BCUT2D eigenvalue weighted by Crippen LogP contribution is 2.36. The zero-order valence-electron chi connectivity index (χ0n) is 24.0. The van der Waals surface area contributed by atoms with Gasteiger partial charge >= 0.3 is 11.7 Å². The van der Waals surface area contributed by atoms with Gasteiger partial charge in [0, 0.05) is 18.5 Å². The van der Waals surface area contributed by atoms with E-state index >= 15 is 0 Å². The number of carbonyl (C=O) groups is 2. The summed E-state index contributed by atoms with van der Waals surface area (Å²) in [6.07, 6.45) is 1.50. The fourth-order valence-electron chi connectivity index (χ4n) is 4.52. The van der Waals surface area contributed by atoms with Gasteiger partial charge in [0.2, 0.25) is 0 Å². The zero-order valence-corrected chi connectivity index (χ0v) is 24.8. The number of aromatic nitrogens is 2. The van der Waals surface area contributed by atoms with Crippen molar-refractivity contribution in [3.05, 3.63) is 92.1 Å². The molecule has 0 aliphatic carbocycles. The largest absolute Gasteiger partial charge is 0.496 e. The van der Waals surface area contributed by atoms with Gasteiger partial charge in [-0.05, 0) is 45.4 Å². The molecule has 0 spiro atoms. The molecule has 2 heterocycles. The molecule has 42 heavy (non-hydrogen) atoms. The molecule has 0 aliphatic rings. The van der Waals surface area contributed by atoms with E-state index in [1.54, 1.807) is 50.2 Å². The van der Waals surface area contributed by atoms with Gasteiger partial charge < -0.3 is 9.47 Å². The molecule has 218 valence electrons. The summed E-state index contributed by atoms with van der Waals surface area (Å²) in [4.78, 5) is 55.3. The number of fused-ring (bicyclic) bond motifs is 1. The monoisotopic (exact) mass is 589 g/mol. The molecule has 0 unspecified atom stereocenters. The normalized spacial score (nSPS) is 11.5. The first-order valence-electron chi connectivity index (χ1n) is 13.0. The van der Waals surface area contributed by atoms with Crippen LogP contribution in [0.15, 0.2) is 74.4 Å². The molecule has 0 fully saturated rings. The summed E-state index contributed by atoms with van der Waals surface area (Å²) in [7, 11) is 1.44. The number of hydrogen-bond donors (Lipinski definition) is 0. The SMILES string of the molecule is C=NN(/N=C\C)c1sc2c(c1C)c(=O)n(C(C)(C)C(=O)OCc1ccccc1)c(=O)n2CC(=O)c1ccccc1OC. The lowest BCUT2D eigenvalue weighted by Crippen LogP contribution is -2.53. The second-order valence-electron chi connectivity index (χ2n) is 9.77. The highest BCUT2D eigenvalue weighted by atomic mass is 32.1. The van der Waals surface area contributed by atoms with Gasteiger partial charge in [0.05, 0.1) is 24.6 Å². The molecular formula is C30H31N5O6S. The van der Waals surface area contributed by atoms with Crippen LogP contribution in [0, 0.1) is 6.92 Å². The molecule has 0 bridgehead atoms. The van der Waals surface area contributed by atoms with Gasteiger partial charge in [-0.15, -0.1) is 5.12 Å². The number of esters is 1. The highest BCUT2D eigenvalue weighted by Gasteiger charge is 2.37. The Morgan fingerprint density at radius 2 is 1.76 bits per heavy atom. The molecule has 0 saturated carbocycles. The maximum Gasteiger partial charge on any atom is 0.333 e. The van der Waals surface area contributed by atoms with E-state index in [1.807, 2.05) is 18.2 Å². The van der Waals surface area contributed by atoms with Crippen LogP contribution in [-0.2, 0) is 28.2 Å². The minimum Gasteiger partial charge on any atom is -0.496 e. The van der Waals surface area contributed by atoms with Crippen LogP contribution >= 0.6 is 11.3 Å². The molecule has 4 aromatic rings. The second kappa shape index (κ2) is 12.4. The zero-order chi connectivity index (χ0) is 30.6. The molecule has 0 amide bonds. The number of methoxy groups -OCH3 is 1. The molecule has 2 aromatic heterocycles. The smallest absolute Gasteiger partial charge is 0.333 e. The van der Waals surface area contributed by atoms with Gasteiger partial charge in [0.1, 0.15) is 27.7 Å². The molecular weight excluding hydrogens is 558 g/mol. The Morgan fingerprint density at radius 3 is 2.40 bits per heavy atom. The van der Waals surface area contributed by atoms with Crippen LogP contribution in [0.25, 0.3) is 10.2 Å². The summed E-state index contributed by atoms with van der Waals surface area (Å²) in [6.45, 7) is 9.32. The highest BCUT2D eigenvalue weighted by molar-refractivity contribution is 7.22. The van der Waals surface area contributed by atoms with E-state index in [1.165, 1.54) is 36.9 Å². The lowest BCUT2D eigenvalue weighted by atomic mass is 10.0. The second-order valence-corrected chi connectivity index (χ2v) is 10.7. The van der Waals surface area contributed by atoms with Crippen LogP contribution in [0.5, 0.6) is 5.75 Å². The van der Waals surface area contributed by atoms with E-state index in [4.69, 9.17) is 9.47 Å². The first-order valence-corrected chi connectivity index (χ1v) is 13.8. The van der Waals surface area contributed by atoms with Crippen LogP contribution in [0.3, 0.4) is 0 Å². The number of anilines is 1. The Kier molecular flexibility index (Phi) is 8.86. The van der Waals surface area contributed by atoms with E-state index in [0.717, 1.165) is 21.5 Å². The fourth-order valence-corrected chi connectivity index (χ4v) is 5.74. The predicted molar refractivity (Wildman–Crippen MR) is 164 cm³/mol. The first kappa shape index (κ1) is 30.1. The van der Waals surface area contributed by atoms with Crippen molar-refractivity contribution in [2.75, 3.05) is 12.2 Å². The topological polar surface area (TPSA) is 125 Å².